The summed E-state index contributed by atoms with van der Waals surface area (Å²) in [4.78, 5) is 16.7. The first kappa shape index (κ1) is 17.6. The first-order valence-electron chi connectivity index (χ1n) is 8.57. The molecule has 25 heavy (non-hydrogen) atoms. The minimum Gasteiger partial charge on any atom is -0.495 e. The fourth-order valence-corrected chi connectivity index (χ4v) is 3.40. The number of halogens is 1. The summed E-state index contributed by atoms with van der Waals surface area (Å²) < 4.78 is 5.44. The van der Waals surface area contributed by atoms with E-state index in [0.29, 0.717) is 6.42 Å². The van der Waals surface area contributed by atoms with Crippen molar-refractivity contribution in [2.24, 2.45) is 0 Å². The molecule has 0 spiro atoms. The zero-order chi connectivity index (χ0) is 17.6. The molecule has 0 aliphatic carbocycles. The van der Waals surface area contributed by atoms with E-state index in [1.54, 1.807) is 7.11 Å². The van der Waals surface area contributed by atoms with Gasteiger partial charge in [-0.1, -0.05) is 35.9 Å². The summed E-state index contributed by atoms with van der Waals surface area (Å²) >= 11 is 6.00. The average Bonchev–Trinajstić information content (AvgIpc) is 2.66. The molecule has 1 saturated heterocycles. The third-order valence-electron chi connectivity index (χ3n) is 4.57. The number of amides is 1. The van der Waals surface area contributed by atoms with E-state index in [1.165, 1.54) is 0 Å². The van der Waals surface area contributed by atoms with E-state index in [1.807, 2.05) is 47.4 Å². The second-order valence-electron chi connectivity index (χ2n) is 6.17. The molecule has 1 fully saturated rings. The molecular formula is C20H23ClN2O2. The van der Waals surface area contributed by atoms with Gasteiger partial charge in [-0.3, -0.25) is 4.79 Å². The number of hydrogen-bond donors (Lipinski definition) is 0. The van der Waals surface area contributed by atoms with Gasteiger partial charge in [0.05, 0.1) is 12.8 Å². The van der Waals surface area contributed by atoms with Crippen LogP contribution in [-0.2, 0) is 11.2 Å². The van der Waals surface area contributed by atoms with Crippen LogP contribution in [0.2, 0.25) is 5.02 Å². The lowest BCUT2D eigenvalue weighted by Crippen LogP contribution is -2.48. The molecule has 0 bridgehead atoms. The van der Waals surface area contributed by atoms with Crippen molar-refractivity contribution >= 4 is 23.2 Å². The lowest BCUT2D eigenvalue weighted by Gasteiger charge is -2.36. The number of carbonyl (C=O) groups excluding carboxylic acids is 1. The summed E-state index contributed by atoms with van der Waals surface area (Å²) in [6.45, 7) is 3.13. The minimum absolute atomic E-state index is 0.208. The molecule has 0 radical (unpaired) electrons. The molecule has 132 valence electrons. The van der Waals surface area contributed by atoms with Crippen LogP contribution in [0.1, 0.15) is 12.0 Å². The third-order valence-corrected chi connectivity index (χ3v) is 4.81. The summed E-state index contributed by atoms with van der Waals surface area (Å²) in [5, 5.41) is 0.718. The molecule has 1 aliphatic rings. The molecule has 1 amide bonds. The van der Waals surface area contributed by atoms with Crippen molar-refractivity contribution in [1.29, 1.82) is 0 Å². The van der Waals surface area contributed by atoms with Gasteiger partial charge in [-0.15, -0.1) is 0 Å². The van der Waals surface area contributed by atoms with Crippen LogP contribution in [0.4, 0.5) is 5.69 Å². The molecule has 3 rings (SSSR count). The van der Waals surface area contributed by atoms with Crippen LogP contribution >= 0.6 is 11.6 Å². The van der Waals surface area contributed by atoms with Crippen LogP contribution in [0, 0.1) is 0 Å². The Labute approximate surface area is 154 Å². The number of nitrogens with zero attached hydrogens (tertiary/aromatic N) is 2. The second-order valence-corrected chi connectivity index (χ2v) is 6.61. The SMILES string of the molecule is COc1ccccc1N1CCN(C(=O)CCc2cccc(Cl)c2)CC1. The highest BCUT2D eigenvalue weighted by molar-refractivity contribution is 6.30. The molecule has 2 aromatic rings. The monoisotopic (exact) mass is 358 g/mol. The molecule has 0 N–H and O–H groups in total. The highest BCUT2D eigenvalue weighted by atomic mass is 35.5. The van der Waals surface area contributed by atoms with E-state index in [9.17, 15) is 4.79 Å². The molecule has 0 aromatic heterocycles. The molecule has 5 heteroatoms. The maximum absolute atomic E-state index is 12.5. The van der Waals surface area contributed by atoms with Gasteiger partial charge in [0.2, 0.25) is 5.91 Å². The Morgan fingerprint density at radius 1 is 1.08 bits per heavy atom. The highest BCUT2D eigenvalue weighted by Gasteiger charge is 2.22. The Balaban J connectivity index is 1.52. The van der Waals surface area contributed by atoms with Gasteiger partial charge in [-0.2, -0.15) is 0 Å². The van der Waals surface area contributed by atoms with Crippen LogP contribution in [0.25, 0.3) is 0 Å². The second kappa shape index (κ2) is 8.26. The Morgan fingerprint density at radius 2 is 1.84 bits per heavy atom. The Kier molecular flexibility index (Phi) is 5.82. The van der Waals surface area contributed by atoms with Gasteiger partial charge in [0.25, 0.3) is 0 Å². The quantitative estimate of drug-likeness (QED) is 0.818. The number of methoxy groups -OCH3 is 1. The standard InChI is InChI=1S/C20H23ClN2O2/c1-25-19-8-3-2-7-18(19)22-11-13-23(14-12-22)20(24)10-9-16-5-4-6-17(21)15-16/h2-8,15H,9-14H2,1H3. The topological polar surface area (TPSA) is 32.8 Å². The Hall–Kier alpha value is -2.20. The van der Waals surface area contributed by atoms with Crippen molar-refractivity contribution < 1.29 is 9.53 Å². The first-order valence-corrected chi connectivity index (χ1v) is 8.95. The predicted molar refractivity (Wildman–Crippen MR) is 102 cm³/mol. The van der Waals surface area contributed by atoms with E-state index in [2.05, 4.69) is 11.0 Å². The van der Waals surface area contributed by atoms with Gasteiger partial charge in [0, 0.05) is 37.6 Å². The number of anilines is 1. The third kappa shape index (κ3) is 4.45. The summed E-state index contributed by atoms with van der Waals surface area (Å²) in [6, 6.07) is 15.7. The maximum atomic E-state index is 12.5. The van der Waals surface area contributed by atoms with Crippen molar-refractivity contribution in [3.8, 4) is 5.75 Å². The molecule has 0 unspecified atom stereocenters. The number of ether oxygens (including phenoxy) is 1. The fourth-order valence-electron chi connectivity index (χ4n) is 3.19. The molecular weight excluding hydrogens is 336 g/mol. The Morgan fingerprint density at radius 3 is 2.56 bits per heavy atom. The van der Waals surface area contributed by atoms with E-state index in [0.717, 1.165) is 54.6 Å². The van der Waals surface area contributed by atoms with Crippen LogP contribution in [0.15, 0.2) is 48.5 Å². The van der Waals surface area contributed by atoms with Gasteiger partial charge in [0.15, 0.2) is 0 Å². The number of aryl methyl sites for hydroxylation is 1. The number of benzene rings is 2. The Bertz CT molecular complexity index is 727. The predicted octanol–water partition coefficient (Wildman–Crippen LogP) is 3.63. The van der Waals surface area contributed by atoms with Gasteiger partial charge in [-0.25, -0.2) is 0 Å². The first-order chi connectivity index (χ1) is 12.2. The number of para-hydroxylation sites is 2. The molecule has 0 atom stereocenters. The van der Waals surface area contributed by atoms with Crippen LogP contribution < -0.4 is 9.64 Å². The molecule has 1 aliphatic heterocycles. The van der Waals surface area contributed by atoms with Crippen molar-refractivity contribution in [3.05, 3.63) is 59.1 Å². The van der Waals surface area contributed by atoms with E-state index in [4.69, 9.17) is 16.3 Å². The van der Waals surface area contributed by atoms with Gasteiger partial charge in [-0.05, 0) is 36.2 Å². The largest absolute Gasteiger partial charge is 0.495 e. The van der Waals surface area contributed by atoms with Crippen LogP contribution in [-0.4, -0.2) is 44.1 Å². The van der Waals surface area contributed by atoms with E-state index >= 15 is 0 Å². The van der Waals surface area contributed by atoms with Gasteiger partial charge >= 0.3 is 0 Å². The summed E-state index contributed by atoms with van der Waals surface area (Å²) in [5.74, 6) is 1.09. The summed E-state index contributed by atoms with van der Waals surface area (Å²) in [6.07, 6.45) is 1.25. The number of rotatable bonds is 5. The smallest absolute Gasteiger partial charge is 0.223 e. The maximum Gasteiger partial charge on any atom is 0.223 e. The summed E-state index contributed by atoms with van der Waals surface area (Å²) in [5.41, 5.74) is 2.20. The fraction of sp³-hybridized carbons (Fsp3) is 0.350. The van der Waals surface area contributed by atoms with Crippen LogP contribution in [0.5, 0.6) is 5.75 Å². The zero-order valence-corrected chi connectivity index (χ0v) is 15.2. The van der Waals surface area contributed by atoms with Gasteiger partial charge < -0.3 is 14.5 Å². The lowest BCUT2D eigenvalue weighted by molar-refractivity contribution is -0.131. The van der Waals surface area contributed by atoms with E-state index in [-0.39, 0.29) is 5.91 Å². The normalized spacial score (nSPS) is 14.5. The lowest BCUT2D eigenvalue weighted by atomic mass is 10.1. The number of hydrogen-bond acceptors (Lipinski definition) is 3. The molecule has 1 heterocycles. The van der Waals surface area contributed by atoms with Gasteiger partial charge in [0.1, 0.15) is 5.75 Å². The molecule has 4 nitrogen and oxygen atoms in total. The van der Waals surface area contributed by atoms with Crippen molar-refractivity contribution in [2.45, 2.75) is 12.8 Å². The number of carbonyl (C=O) groups is 1. The zero-order valence-electron chi connectivity index (χ0n) is 14.5. The van der Waals surface area contributed by atoms with Crippen molar-refractivity contribution in [1.82, 2.24) is 4.90 Å². The van der Waals surface area contributed by atoms with Crippen molar-refractivity contribution in [2.75, 3.05) is 38.2 Å². The molecule has 2 aromatic carbocycles. The van der Waals surface area contributed by atoms with Crippen LogP contribution in [0.3, 0.4) is 0 Å². The van der Waals surface area contributed by atoms with Crippen molar-refractivity contribution in [3.63, 3.8) is 0 Å². The molecule has 0 saturated carbocycles. The summed E-state index contributed by atoms with van der Waals surface area (Å²) in [7, 11) is 1.69. The van der Waals surface area contributed by atoms with E-state index < -0.39 is 0 Å². The number of piperazine rings is 1. The average molecular weight is 359 g/mol. The minimum atomic E-state index is 0.208. The highest BCUT2D eigenvalue weighted by Crippen LogP contribution is 2.28.